The molecule has 1 fully saturated rings. The Hall–Kier alpha value is -2.03. The van der Waals surface area contributed by atoms with Crippen LogP contribution in [-0.2, 0) is 9.53 Å². The summed E-state index contributed by atoms with van der Waals surface area (Å²) in [4.78, 5) is 32.1. The third kappa shape index (κ3) is 3.84. The predicted octanol–water partition coefficient (Wildman–Crippen LogP) is 2.50. The number of rotatable bonds is 6. The van der Waals surface area contributed by atoms with Gasteiger partial charge in [0.2, 0.25) is 11.1 Å². The first kappa shape index (κ1) is 19.0. The number of hydrogen-bond donors (Lipinski definition) is 0. The zero-order chi connectivity index (χ0) is 16.3. The van der Waals surface area contributed by atoms with Gasteiger partial charge in [-0.3, -0.25) is 14.8 Å². The number of carbonyl (C=O) groups excluding carboxylic acids is 1. The first-order valence-electron chi connectivity index (χ1n) is 7.02. The highest BCUT2D eigenvalue weighted by Gasteiger charge is 2.39. The number of halogens is 2. The monoisotopic (exact) mass is 348 g/mol. The van der Waals surface area contributed by atoms with E-state index in [1.54, 1.807) is 4.90 Å². The highest BCUT2D eigenvalue weighted by atomic mass is 35.5. The van der Waals surface area contributed by atoms with E-state index in [0.29, 0.717) is 6.42 Å². The van der Waals surface area contributed by atoms with E-state index in [1.807, 2.05) is 6.92 Å². The lowest BCUT2D eigenvalue weighted by molar-refractivity contribution is -0.384. The Kier molecular flexibility index (Phi) is 6.62. The molecule has 0 aliphatic heterocycles. The number of nitro groups is 1. The van der Waals surface area contributed by atoms with Gasteiger partial charge in [0.1, 0.15) is 12.2 Å². The molecular formula is C13H18ClFN4O4. The van der Waals surface area contributed by atoms with Gasteiger partial charge >= 0.3 is 11.7 Å². The van der Waals surface area contributed by atoms with Crippen LogP contribution in [0.2, 0.25) is 5.28 Å². The summed E-state index contributed by atoms with van der Waals surface area (Å²) < 4.78 is 4.83. The zero-order valence-electron chi connectivity index (χ0n) is 12.8. The normalized spacial score (nSPS) is 15.1. The molecule has 0 spiro atoms. The van der Waals surface area contributed by atoms with Gasteiger partial charge in [-0.1, -0.05) is 6.92 Å². The third-order valence-electron chi connectivity index (χ3n) is 3.83. The Morgan fingerprint density at radius 1 is 1.61 bits per heavy atom. The van der Waals surface area contributed by atoms with Crippen LogP contribution in [-0.4, -0.2) is 40.1 Å². The lowest BCUT2D eigenvalue weighted by Gasteiger charge is -2.41. The number of nitrogens with zero attached hydrogens (tertiary/aromatic N) is 4. The van der Waals surface area contributed by atoms with Gasteiger partial charge in [-0.2, -0.15) is 4.98 Å². The molecule has 23 heavy (non-hydrogen) atoms. The van der Waals surface area contributed by atoms with Gasteiger partial charge in [0.25, 0.3) is 0 Å². The fourth-order valence-electron chi connectivity index (χ4n) is 2.52. The van der Waals surface area contributed by atoms with Crippen LogP contribution in [0.4, 0.5) is 16.2 Å². The van der Waals surface area contributed by atoms with Crippen molar-refractivity contribution in [2.45, 2.75) is 44.7 Å². The van der Waals surface area contributed by atoms with Crippen LogP contribution in [0.3, 0.4) is 0 Å². The molecule has 1 aromatic rings. The van der Waals surface area contributed by atoms with Gasteiger partial charge < -0.3 is 9.64 Å². The zero-order valence-corrected chi connectivity index (χ0v) is 13.5. The minimum Gasteiger partial charge on any atom is -0.467 e. The van der Waals surface area contributed by atoms with Crippen molar-refractivity contribution in [3.05, 3.63) is 21.6 Å². The van der Waals surface area contributed by atoms with Crippen LogP contribution >= 0.6 is 11.6 Å². The Morgan fingerprint density at radius 3 is 2.70 bits per heavy atom. The molecule has 1 aromatic heterocycles. The molecule has 1 heterocycles. The fourth-order valence-corrected chi connectivity index (χ4v) is 2.65. The van der Waals surface area contributed by atoms with Crippen LogP contribution in [0.5, 0.6) is 0 Å². The molecule has 0 saturated heterocycles. The van der Waals surface area contributed by atoms with Crippen LogP contribution < -0.4 is 4.90 Å². The van der Waals surface area contributed by atoms with Crippen molar-refractivity contribution in [1.29, 1.82) is 0 Å². The quantitative estimate of drug-likeness (QED) is 0.337. The summed E-state index contributed by atoms with van der Waals surface area (Å²) in [5.41, 5.74) is -0.265. The van der Waals surface area contributed by atoms with Crippen molar-refractivity contribution < 1.29 is 19.2 Å². The molecule has 128 valence electrons. The largest absolute Gasteiger partial charge is 0.467 e. The van der Waals surface area contributed by atoms with Gasteiger partial charge in [-0.05, 0) is 37.3 Å². The Balaban J connectivity index is 0.00000264. The molecule has 1 unspecified atom stereocenters. The molecule has 8 nitrogen and oxygen atoms in total. The molecule has 1 atom stereocenters. The summed E-state index contributed by atoms with van der Waals surface area (Å²) in [5.74, 6) is -0.370. The molecule has 0 amide bonds. The third-order valence-corrected chi connectivity index (χ3v) is 4.01. The topological polar surface area (TPSA) is 98.5 Å². The molecular weight excluding hydrogens is 331 g/mol. The minimum absolute atomic E-state index is 0. The molecule has 1 saturated carbocycles. The average Bonchev–Trinajstić information content (AvgIpc) is 2.44. The number of methoxy groups -OCH3 is 1. The van der Waals surface area contributed by atoms with Crippen LogP contribution in [0.1, 0.15) is 32.6 Å². The average molecular weight is 349 g/mol. The van der Waals surface area contributed by atoms with E-state index >= 15 is 0 Å². The standard InChI is InChI=1S/C13H17ClN4O4.FH/c1-3-9(12(19)22-2)17(8-5-4-6-8)11-10(18(20)21)7-15-13(14)16-11;/h7-9H,3-6H2,1-2H3;1H. The van der Waals surface area contributed by atoms with Crippen molar-refractivity contribution in [3.8, 4) is 0 Å². The number of esters is 1. The number of ether oxygens (including phenoxy) is 1. The van der Waals surface area contributed by atoms with E-state index < -0.39 is 16.9 Å². The molecule has 0 aromatic carbocycles. The second kappa shape index (κ2) is 8.00. The van der Waals surface area contributed by atoms with Crippen molar-refractivity contribution in [2.24, 2.45) is 0 Å². The van der Waals surface area contributed by atoms with Crippen molar-refractivity contribution in [1.82, 2.24) is 9.97 Å². The summed E-state index contributed by atoms with van der Waals surface area (Å²) in [7, 11) is 1.30. The van der Waals surface area contributed by atoms with E-state index in [0.717, 1.165) is 25.5 Å². The summed E-state index contributed by atoms with van der Waals surface area (Å²) in [6.07, 6.45) is 4.20. The second-order valence-corrected chi connectivity index (χ2v) is 5.38. The summed E-state index contributed by atoms with van der Waals surface area (Å²) >= 11 is 5.81. The SMILES string of the molecule is CCC(C(=O)OC)N(c1nc(Cl)ncc1[N+](=O)[O-])C1CCC1.F. The molecule has 0 bridgehead atoms. The fraction of sp³-hybridized carbons (Fsp3) is 0.615. The Morgan fingerprint density at radius 2 is 2.26 bits per heavy atom. The maximum Gasteiger partial charge on any atom is 0.329 e. The summed E-state index contributed by atoms with van der Waals surface area (Å²) in [6, 6.07) is -0.631. The van der Waals surface area contributed by atoms with E-state index in [1.165, 1.54) is 7.11 Å². The van der Waals surface area contributed by atoms with Gasteiger partial charge in [0.15, 0.2) is 0 Å². The molecule has 1 aliphatic rings. The van der Waals surface area contributed by atoms with Crippen molar-refractivity contribution in [2.75, 3.05) is 12.0 Å². The predicted molar refractivity (Wildman–Crippen MR) is 82.4 cm³/mol. The highest BCUT2D eigenvalue weighted by Crippen LogP contribution is 2.36. The molecule has 1 aliphatic carbocycles. The van der Waals surface area contributed by atoms with Gasteiger partial charge in [-0.25, -0.2) is 9.78 Å². The van der Waals surface area contributed by atoms with Crippen LogP contribution in [0, 0.1) is 10.1 Å². The number of anilines is 1. The van der Waals surface area contributed by atoms with Crippen molar-refractivity contribution >= 4 is 29.1 Å². The van der Waals surface area contributed by atoms with E-state index in [9.17, 15) is 14.9 Å². The van der Waals surface area contributed by atoms with Gasteiger partial charge in [0, 0.05) is 6.04 Å². The van der Waals surface area contributed by atoms with E-state index in [4.69, 9.17) is 16.3 Å². The number of hydrogen-bond acceptors (Lipinski definition) is 7. The van der Waals surface area contributed by atoms with Crippen molar-refractivity contribution in [3.63, 3.8) is 0 Å². The van der Waals surface area contributed by atoms with Crippen LogP contribution in [0.15, 0.2) is 6.20 Å². The maximum absolute atomic E-state index is 12.1. The number of carbonyl (C=O) groups is 1. The van der Waals surface area contributed by atoms with Crippen LogP contribution in [0.25, 0.3) is 0 Å². The number of aromatic nitrogens is 2. The van der Waals surface area contributed by atoms with Gasteiger partial charge in [0.05, 0.1) is 12.0 Å². The minimum atomic E-state index is -0.639. The summed E-state index contributed by atoms with van der Waals surface area (Å²) in [6.45, 7) is 1.82. The lowest BCUT2D eigenvalue weighted by atomic mass is 9.89. The van der Waals surface area contributed by atoms with Gasteiger partial charge in [-0.15, -0.1) is 0 Å². The Labute approximate surface area is 137 Å². The van der Waals surface area contributed by atoms with E-state index in [-0.39, 0.29) is 27.5 Å². The van der Waals surface area contributed by atoms with E-state index in [2.05, 4.69) is 9.97 Å². The Bertz CT molecular complexity index is 585. The molecule has 0 radical (unpaired) electrons. The smallest absolute Gasteiger partial charge is 0.329 e. The highest BCUT2D eigenvalue weighted by molar-refractivity contribution is 6.28. The second-order valence-electron chi connectivity index (χ2n) is 5.04. The summed E-state index contributed by atoms with van der Waals surface area (Å²) in [5, 5.41) is 11.2. The lowest BCUT2D eigenvalue weighted by Crippen LogP contribution is -2.51. The molecule has 10 heteroatoms. The molecule has 2 rings (SSSR count). The maximum atomic E-state index is 12.1. The first-order valence-corrected chi connectivity index (χ1v) is 7.40. The first-order chi connectivity index (χ1) is 10.5. The molecule has 0 N–H and O–H groups in total.